The van der Waals surface area contributed by atoms with E-state index in [-0.39, 0.29) is 29.7 Å². The number of para-hydroxylation sites is 1. The largest absolute Gasteiger partial charge is 0.456 e. The van der Waals surface area contributed by atoms with Crippen molar-refractivity contribution >= 4 is 43.1 Å². The molecule has 8 aromatic carbocycles. The Morgan fingerprint density at radius 2 is 1.15 bits per heavy atom. The SMILES string of the molecule is [2H]c1c([2H])c([2H])c(-c2c3cccc(-c4ccc5c6c(cccc46)-c4ccccc4O5)c3cc3c2ccc2ccccc23)c([2H])c1[2H]. The van der Waals surface area contributed by atoms with Gasteiger partial charge in [-0.1, -0.05) is 127 Å². The molecule has 0 aromatic heterocycles. The van der Waals surface area contributed by atoms with Crippen LogP contribution in [0.2, 0.25) is 0 Å². The first-order valence-corrected chi connectivity index (χ1v) is 13.7. The molecule has 0 fully saturated rings. The lowest BCUT2D eigenvalue weighted by molar-refractivity contribution is 0.487. The molecule has 1 heteroatoms. The minimum absolute atomic E-state index is 0.205. The molecule has 0 N–H and O–H groups in total. The fraction of sp³-hybridized carbons (Fsp3) is 0. The zero-order valence-electron chi connectivity index (χ0n) is 26.9. The highest BCUT2D eigenvalue weighted by Crippen LogP contribution is 2.50. The van der Waals surface area contributed by atoms with Crippen LogP contribution in [-0.4, -0.2) is 0 Å². The maximum Gasteiger partial charge on any atom is 0.135 e. The lowest BCUT2D eigenvalue weighted by Crippen LogP contribution is -1.97. The smallest absolute Gasteiger partial charge is 0.135 e. The summed E-state index contributed by atoms with van der Waals surface area (Å²) in [5.74, 6) is 1.64. The van der Waals surface area contributed by atoms with Crippen molar-refractivity contribution in [3.8, 4) is 44.9 Å². The highest BCUT2D eigenvalue weighted by molar-refractivity contribution is 6.23. The Labute approximate surface area is 244 Å². The average molecular weight is 526 g/mol. The molecule has 0 spiro atoms. The van der Waals surface area contributed by atoms with E-state index >= 15 is 0 Å². The quantitative estimate of drug-likeness (QED) is 0.161. The predicted molar refractivity (Wildman–Crippen MR) is 173 cm³/mol. The van der Waals surface area contributed by atoms with Gasteiger partial charge in [0.25, 0.3) is 0 Å². The summed E-state index contributed by atoms with van der Waals surface area (Å²) in [6.45, 7) is 0. The minimum atomic E-state index is -0.401. The van der Waals surface area contributed by atoms with Crippen LogP contribution in [0.3, 0.4) is 0 Å². The van der Waals surface area contributed by atoms with Gasteiger partial charge in [0, 0.05) is 10.9 Å². The first-order valence-electron chi connectivity index (χ1n) is 16.2. The number of ether oxygens (including phenoxy) is 1. The Bertz CT molecular complexity index is 2600. The van der Waals surface area contributed by atoms with E-state index in [0.29, 0.717) is 5.56 Å². The van der Waals surface area contributed by atoms with Crippen molar-refractivity contribution < 1.29 is 11.6 Å². The van der Waals surface area contributed by atoms with E-state index in [2.05, 4.69) is 54.6 Å². The third-order valence-electron chi connectivity index (χ3n) is 8.34. The van der Waals surface area contributed by atoms with Crippen molar-refractivity contribution in [2.45, 2.75) is 0 Å². The van der Waals surface area contributed by atoms with Gasteiger partial charge in [-0.2, -0.15) is 0 Å². The maximum atomic E-state index is 8.96. The van der Waals surface area contributed by atoms with Gasteiger partial charge in [0.15, 0.2) is 0 Å². The van der Waals surface area contributed by atoms with Crippen molar-refractivity contribution in [1.29, 1.82) is 0 Å². The highest BCUT2D eigenvalue weighted by atomic mass is 16.5. The Morgan fingerprint density at radius 1 is 0.439 bits per heavy atom. The van der Waals surface area contributed by atoms with Crippen LogP contribution in [0.1, 0.15) is 6.85 Å². The minimum Gasteiger partial charge on any atom is -0.456 e. The van der Waals surface area contributed by atoms with Gasteiger partial charge in [0.1, 0.15) is 11.5 Å². The van der Waals surface area contributed by atoms with E-state index < -0.39 is 6.04 Å². The van der Waals surface area contributed by atoms with Gasteiger partial charge in [-0.3, -0.25) is 0 Å². The molecule has 1 heterocycles. The average Bonchev–Trinajstić information content (AvgIpc) is 3.10. The van der Waals surface area contributed by atoms with E-state index in [4.69, 9.17) is 11.6 Å². The lowest BCUT2D eigenvalue weighted by atomic mass is 9.85. The summed E-state index contributed by atoms with van der Waals surface area (Å²) < 4.78 is 49.5. The zero-order chi connectivity index (χ0) is 31.3. The third-order valence-corrected chi connectivity index (χ3v) is 8.34. The fourth-order valence-electron chi connectivity index (χ4n) is 6.59. The Hall–Kier alpha value is -5.40. The first kappa shape index (κ1) is 18.0. The molecule has 0 saturated heterocycles. The summed E-state index contributed by atoms with van der Waals surface area (Å²) in [4.78, 5) is 0. The first-order chi connectivity index (χ1) is 22.4. The molecule has 0 saturated carbocycles. The fourth-order valence-corrected chi connectivity index (χ4v) is 6.59. The Kier molecular flexibility index (Phi) is 3.76. The molecule has 0 bridgehead atoms. The number of fused-ring (bicyclic) bond motifs is 6. The summed E-state index contributed by atoms with van der Waals surface area (Å²) >= 11 is 0. The molecule has 1 aliphatic heterocycles. The van der Waals surface area contributed by atoms with Gasteiger partial charge in [0.2, 0.25) is 0 Å². The summed E-state index contributed by atoms with van der Waals surface area (Å²) in [5, 5.41) is 7.76. The van der Waals surface area contributed by atoms with Crippen LogP contribution in [-0.2, 0) is 0 Å². The number of hydrogen-bond acceptors (Lipinski definition) is 1. The molecule has 1 aliphatic rings. The van der Waals surface area contributed by atoms with E-state index in [0.717, 1.165) is 76.8 Å². The number of rotatable bonds is 2. The molecule has 8 aromatic rings. The van der Waals surface area contributed by atoms with E-state index in [1.807, 2.05) is 60.7 Å². The van der Waals surface area contributed by atoms with Gasteiger partial charge in [-0.25, -0.2) is 0 Å². The van der Waals surface area contributed by atoms with Crippen molar-refractivity contribution in [3.05, 3.63) is 145 Å². The second-order valence-electron chi connectivity index (χ2n) is 10.5. The number of benzene rings is 8. The van der Waals surface area contributed by atoms with Crippen molar-refractivity contribution in [2.75, 3.05) is 0 Å². The Balaban J connectivity index is 1.44. The summed E-state index contributed by atoms with van der Waals surface area (Å²) in [6.07, 6.45) is 0. The highest BCUT2D eigenvalue weighted by Gasteiger charge is 2.22. The normalized spacial score (nSPS) is 13.8. The van der Waals surface area contributed by atoms with Crippen LogP contribution >= 0.6 is 0 Å². The molecule has 0 atom stereocenters. The van der Waals surface area contributed by atoms with Crippen LogP contribution in [0.5, 0.6) is 11.5 Å². The van der Waals surface area contributed by atoms with Crippen LogP contribution in [0.4, 0.5) is 0 Å². The molecule has 0 amide bonds. The van der Waals surface area contributed by atoms with E-state index in [9.17, 15) is 0 Å². The van der Waals surface area contributed by atoms with Gasteiger partial charge in [-0.05, 0) is 83.7 Å². The van der Waals surface area contributed by atoms with Gasteiger partial charge < -0.3 is 4.74 Å². The van der Waals surface area contributed by atoms with Gasteiger partial charge >= 0.3 is 0 Å². The summed E-state index contributed by atoms with van der Waals surface area (Å²) in [5.41, 5.74) is 5.03. The van der Waals surface area contributed by atoms with Crippen LogP contribution in [0, 0.1) is 0 Å². The van der Waals surface area contributed by atoms with Crippen molar-refractivity contribution in [2.24, 2.45) is 0 Å². The summed E-state index contributed by atoms with van der Waals surface area (Å²) in [7, 11) is 0. The summed E-state index contributed by atoms with van der Waals surface area (Å²) in [6, 6.07) is 37.5. The molecule has 9 rings (SSSR count). The van der Waals surface area contributed by atoms with Crippen molar-refractivity contribution in [3.63, 3.8) is 0 Å². The molecule has 0 radical (unpaired) electrons. The molecular formula is C40H24O. The predicted octanol–water partition coefficient (Wildman–Crippen LogP) is 11.4. The molecular weight excluding hydrogens is 496 g/mol. The van der Waals surface area contributed by atoms with Crippen LogP contribution in [0.15, 0.2) is 145 Å². The maximum absolute atomic E-state index is 8.96. The number of hydrogen-bond donors (Lipinski definition) is 0. The molecule has 1 nitrogen and oxygen atoms in total. The van der Waals surface area contributed by atoms with Gasteiger partial charge in [0.05, 0.1) is 6.85 Å². The lowest BCUT2D eigenvalue weighted by Gasteiger charge is -2.23. The van der Waals surface area contributed by atoms with E-state index in [1.54, 1.807) is 0 Å². The Morgan fingerprint density at radius 3 is 2.07 bits per heavy atom. The topological polar surface area (TPSA) is 9.23 Å². The molecule has 41 heavy (non-hydrogen) atoms. The monoisotopic (exact) mass is 525 g/mol. The van der Waals surface area contributed by atoms with E-state index in [1.165, 1.54) is 0 Å². The molecule has 0 unspecified atom stereocenters. The second kappa shape index (κ2) is 8.55. The van der Waals surface area contributed by atoms with Crippen LogP contribution in [0.25, 0.3) is 76.5 Å². The van der Waals surface area contributed by atoms with Crippen molar-refractivity contribution in [1.82, 2.24) is 0 Å². The van der Waals surface area contributed by atoms with Gasteiger partial charge in [-0.15, -0.1) is 0 Å². The standard InChI is InChI=1S/C40H24O/c1-2-11-26(12-3-1)39-33-18-8-15-28(36(33)24-35-27-13-5-4-10-25(27)20-21-34(35)39)29-22-23-38-40-31(29)16-9-17-32(40)30-14-6-7-19-37(30)41-38/h1-24H/i1D,2D,3D,11D,12D. The zero-order valence-corrected chi connectivity index (χ0v) is 21.9. The second-order valence-corrected chi connectivity index (χ2v) is 10.5. The van der Waals surface area contributed by atoms with Crippen LogP contribution < -0.4 is 4.74 Å². The molecule has 190 valence electrons. The third kappa shape index (κ3) is 3.24. The molecule has 0 aliphatic carbocycles.